The second-order valence-electron chi connectivity index (χ2n) is 3.25. The molecule has 2 nitrogen and oxygen atoms in total. The van der Waals surface area contributed by atoms with E-state index in [4.69, 9.17) is 16.3 Å². The Morgan fingerprint density at radius 3 is 2.79 bits per heavy atom. The van der Waals surface area contributed by atoms with Gasteiger partial charge in [0.25, 0.3) is 0 Å². The number of alkyl halides is 1. The molecule has 0 fully saturated rings. The first-order valence-electron chi connectivity index (χ1n) is 4.49. The molecule has 0 aliphatic heterocycles. The number of aromatic nitrogens is 1. The van der Waals surface area contributed by atoms with Gasteiger partial charge in [0.15, 0.2) is 0 Å². The van der Waals surface area contributed by atoms with Gasteiger partial charge in [0, 0.05) is 6.20 Å². The smallest absolute Gasteiger partial charge is 0.232 e. The van der Waals surface area contributed by atoms with E-state index >= 15 is 0 Å². The Morgan fingerprint density at radius 1 is 1.57 bits per heavy atom. The van der Waals surface area contributed by atoms with Gasteiger partial charge in [-0.1, -0.05) is 25.4 Å². The number of hydrogen-bond donors (Lipinski definition) is 0. The molecule has 1 aromatic heterocycles. The molecule has 1 heterocycles. The molecule has 0 amide bonds. The molecule has 14 heavy (non-hydrogen) atoms. The van der Waals surface area contributed by atoms with E-state index in [1.54, 1.807) is 12.3 Å². The van der Waals surface area contributed by atoms with Crippen molar-refractivity contribution in [3.8, 4) is 5.88 Å². The van der Waals surface area contributed by atoms with Crippen LogP contribution >= 0.6 is 11.6 Å². The minimum atomic E-state index is -0.538. The Labute approximate surface area is 88.1 Å². The topological polar surface area (TPSA) is 22.1 Å². The summed E-state index contributed by atoms with van der Waals surface area (Å²) in [6.07, 6.45) is 1.70. The van der Waals surface area contributed by atoms with Crippen LogP contribution < -0.4 is 4.74 Å². The summed E-state index contributed by atoms with van der Waals surface area (Å²) < 4.78 is 16.8. The summed E-state index contributed by atoms with van der Waals surface area (Å²) in [6.45, 7) is 3.56. The molecule has 0 atom stereocenters. The highest BCUT2D eigenvalue weighted by Crippen LogP contribution is 2.25. The molecule has 4 heteroatoms. The second kappa shape index (κ2) is 5.15. The third-order valence-electron chi connectivity index (χ3n) is 1.81. The van der Waals surface area contributed by atoms with Crippen LogP contribution in [0.15, 0.2) is 12.3 Å². The molecule has 0 aromatic carbocycles. The Morgan fingerprint density at radius 2 is 2.29 bits per heavy atom. The third kappa shape index (κ3) is 2.84. The molecule has 0 spiro atoms. The average molecular weight is 218 g/mol. The summed E-state index contributed by atoms with van der Waals surface area (Å²) in [6, 6.07) is 1.80. The van der Waals surface area contributed by atoms with Crippen LogP contribution in [0.5, 0.6) is 5.88 Å². The molecular formula is C10H13ClFNO. The number of nitrogens with zero attached hydrogens (tertiary/aromatic N) is 1. The van der Waals surface area contributed by atoms with E-state index in [-0.39, 0.29) is 6.61 Å². The van der Waals surface area contributed by atoms with Gasteiger partial charge in [0.1, 0.15) is 18.3 Å². The molecular weight excluding hydrogens is 205 g/mol. The number of halogens is 2. The van der Waals surface area contributed by atoms with Crippen LogP contribution in [0.4, 0.5) is 4.39 Å². The van der Waals surface area contributed by atoms with E-state index in [0.717, 1.165) is 5.56 Å². The van der Waals surface area contributed by atoms with E-state index in [2.05, 4.69) is 18.8 Å². The monoisotopic (exact) mass is 217 g/mol. The predicted octanol–water partition coefficient (Wildman–Crippen LogP) is 3.21. The average Bonchev–Trinajstić information content (AvgIpc) is 2.15. The van der Waals surface area contributed by atoms with Crippen LogP contribution in [-0.4, -0.2) is 18.3 Å². The summed E-state index contributed by atoms with van der Waals surface area (Å²) in [5, 5.41) is 0.435. The zero-order valence-electron chi connectivity index (χ0n) is 8.26. The molecule has 0 unspecified atom stereocenters. The Bertz CT molecular complexity index is 304. The molecule has 1 rings (SSSR count). The van der Waals surface area contributed by atoms with Crippen molar-refractivity contribution in [1.82, 2.24) is 4.98 Å². The largest absolute Gasteiger partial charge is 0.474 e. The lowest BCUT2D eigenvalue weighted by Gasteiger charge is -2.08. The molecule has 0 radical (unpaired) electrons. The van der Waals surface area contributed by atoms with Gasteiger partial charge >= 0.3 is 0 Å². The lowest BCUT2D eigenvalue weighted by atomic mass is 10.1. The first-order chi connectivity index (χ1) is 6.65. The van der Waals surface area contributed by atoms with E-state index < -0.39 is 6.67 Å². The summed E-state index contributed by atoms with van der Waals surface area (Å²) >= 11 is 5.90. The Balaban J connectivity index is 2.79. The van der Waals surface area contributed by atoms with Crippen molar-refractivity contribution in [1.29, 1.82) is 0 Å². The Kier molecular flexibility index (Phi) is 4.14. The summed E-state index contributed by atoms with van der Waals surface area (Å²) in [5.74, 6) is 0.670. The maximum atomic E-state index is 11.8. The van der Waals surface area contributed by atoms with Crippen LogP contribution in [-0.2, 0) is 0 Å². The molecule has 0 bridgehead atoms. The van der Waals surface area contributed by atoms with Gasteiger partial charge in [-0.15, -0.1) is 0 Å². The second-order valence-corrected chi connectivity index (χ2v) is 3.65. The van der Waals surface area contributed by atoms with Gasteiger partial charge in [-0.25, -0.2) is 9.37 Å². The van der Waals surface area contributed by atoms with Crippen LogP contribution in [0.25, 0.3) is 0 Å². The van der Waals surface area contributed by atoms with Crippen LogP contribution in [0.2, 0.25) is 5.02 Å². The molecule has 0 aliphatic rings. The standard InChI is InChI=1S/C10H13ClFNO/c1-7(2)8-5-9(11)10(13-6-8)14-4-3-12/h5-7H,3-4H2,1-2H3. The van der Waals surface area contributed by atoms with Gasteiger partial charge in [0.05, 0.1) is 0 Å². The number of hydrogen-bond acceptors (Lipinski definition) is 2. The van der Waals surface area contributed by atoms with E-state index in [9.17, 15) is 4.39 Å². The quantitative estimate of drug-likeness (QED) is 0.773. The van der Waals surface area contributed by atoms with Crippen molar-refractivity contribution in [2.24, 2.45) is 0 Å². The normalized spacial score (nSPS) is 10.6. The highest BCUT2D eigenvalue weighted by Gasteiger charge is 2.06. The van der Waals surface area contributed by atoms with Crippen molar-refractivity contribution >= 4 is 11.6 Å². The van der Waals surface area contributed by atoms with Crippen LogP contribution in [0.1, 0.15) is 25.3 Å². The highest BCUT2D eigenvalue weighted by molar-refractivity contribution is 6.31. The van der Waals surface area contributed by atoms with Crippen molar-refractivity contribution in [3.05, 3.63) is 22.8 Å². The van der Waals surface area contributed by atoms with Gasteiger partial charge in [-0.3, -0.25) is 0 Å². The minimum Gasteiger partial charge on any atom is -0.474 e. The highest BCUT2D eigenvalue weighted by atomic mass is 35.5. The van der Waals surface area contributed by atoms with Gasteiger partial charge in [-0.2, -0.15) is 0 Å². The van der Waals surface area contributed by atoms with E-state index in [0.29, 0.717) is 16.8 Å². The SMILES string of the molecule is CC(C)c1cnc(OCCF)c(Cl)c1. The van der Waals surface area contributed by atoms with Crippen molar-refractivity contribution in [2.75, 3.05) is 13.3 Å². The number of ether oxygens (including phenoxy) is 1. The summed E-state index contributed by atoms with van der Waals surface area (Å²) in [4.78, 5) is 4.02. The van der Waals surface area contributed by atoms with Crippen molar-refractivity contribution < 1.29 is 9.13 Å². The maximum Gasteiger partial charge on any atom is 0.232 e. The van der Waals surface area contributed by atoms with Crippen LogP contribution in [0.3, 0.4) is 0 Å². The summed E-state index contributed by atoms with van der Waals surface area (Å²) in [7, 11) is 0. The molecule has 78 valence electrons. The van der Waals surface area contributed by atoms with Gasteiger partial charge in [-0.05, 0) is 17.5 Å². The van der Waals surface area contributed by atoms with E-state index in [1.165, 1.54) is 0 Å². The third-order valence-corrected chi connectivity index (χ3v) is 2.08. The molecule has 0 aliphatic carbocycles. The fourth-order valence-electron chi connectivity index (χ4n) is 0.997. The molecule has 0 N–H and O–H groups in total. The first kappa shape index (κ1) is 11.2. The van der Waals surface area contributed by atoms with Crippen molar-refractivity contribution in [3.63, 3.8) is 0 Å². The lowest BCUT2D eigenvalue weighted by molar-refractivity contribution is 0.264. The lowest BCUT2D eigenvalue weighted by Crippen LogP contribution is -2.01. The van der Waals surface area contributed by atoms with Gasteiger partial charge in [0.2, 0.25) is 5.88 Å². The van der Waals surface area contributed by atoms with Crippen molar-refractivity contribution in [2.45, 2.75) is 19.8 Å². The Hall–Kier alpha value is -0.830. The van der Waals surface area contributed by atoms with Crippen LogP contribution in [0, 0.1) is 0 Å². The fourth-order valence-corrected chi connectivity index (χ4v) is 1.23. The molecule has 0 saturated carbocycles. The molecule has 1 aromatic rings. The maximum absolute atomic E-state index is 11.8. The summed E-state index contributed by atoms with van der Waals surface area (Å²) in [5.41, 5.74) is 1.04. The fraction of sp³-hybridized carbons (Fsp3) is 0.500. The predicted molar refractivity (Wildman–Crippen MR) is 54.8 cm³/mol. The minimum absolute atomic E-state index is 0.00621. The van der Waals surface area contributed by atoms with Gasteiger partial charge < -0.3 is 4.74 Å². The van der Waals surface area contributed by atoms with E-state index in [1.807, 2.05) is 0 Å². The zero-order valence-corrected chi connectivity index (χ0v) is 9.01. The first-order valence-corrected chi connectivity index (χ1v) is 4.87. The number of rotatable bonds is 4. The number of pyridine rings is 1. The zero-order chi connectivity index (χ0) is 10.6. The molecule has 0 saturated heterocycles.